The van der Waals surface area contributed by atoms with Crippen molar-refractivity contribution < 1.29 is 14.7 Å². The van der Waals surface area contributed by atoms with Crippen LogP contribution in [0.3, 0.4) is 0 Å². The first-order valence-electron chi connectivity index (χ1n) is 5.65. The molecule has 0 radical (unpaired) electrons. The van der Waals surface area contributed by atoms with E-state index in [0.717, 1.165) is 12.8 Å². The molecule has 2 unspecified atom stereocenters. The monoisotopic (exact) mass is 222 g/mol. The number of aliphatic carboxylic acids is 1. The van der Waals surface area contributed by atoms with E-state index < -0.39 is 5.97 Å². The summed E-state index contributed by atoms with van der Waals surface area (Å²) in [6, 6.07) is 0. The van der Waals surface area contributed by atoms with Gasteiger partial charge in [0.2, 0.25) is 0 Å². The highest BCUT2D eigenvalue weighted by atomic mass is 16.4. The Kier molecular flexibility index (Phi) is 4.96. The molecule has 0 aromatic carbocycles. The van der Waals surface area contributed by atoms with Crippen molar-refractivity contribution >= 4 is 11.8 Å². The summed E-state index contributed by atoms with van der Waals surface area (Å²) in [7, 11) is 0. The molecular formula is C13H18O3. The number of carboxylic acid groups (broad SMARTS) is 1. The first kappa shape index (κ1) is 12.7. The van der Waals surface area contributed by atoms with Crippen molar-refractivity contribution in [3.63, 3.8) is 0 Å². The molecule has 0 spiro atoms. The van der Waals surface area contributed by atoms with E-state index in [1.807, 2.05) is 12.2 Å². The second-order valence-electron chi connectivity index (χ2n) is 4.20. The lowest BCUT2D eigenvalue weighted by Gasteiger charge is -2.14. The van der Waals surface area contributed by atoms with E-state index in [2.05, 4.69) is 6.58 Å². The van der Waals surface area contributed by atoms with Crippen molar-refractivity contribution in [2.75, 3.05) is 0 Å². The lowest BCUT2D eigenvalue weighted by molar-refractivity contribution is -0.138. The third kappa shape index (κ3) is 3.65. The van der Waals surface area contributed by atoms with Crippen LogP contribution < -0.4 is 0 Å². The molecule has 1 rings (SSSR count). The van der Waals surface area contributed by atoms with Crippen molar-refractivity contribution in [1.29, 1.82) is 0 Å². The molecule has 0 aromatic heterocycles. The summed E-state index contributed by atoms with van der Waals surface area (Å²) in [5.74, 6) is -0.648. The van der Waals surface area contributed by atoms with E-state index in [4.69, 9.17) is 5.11 Å². The molecule has 1 N–H and O–H groups in total. The van der Waals surface area contributed by atoms with E-state index in [9.17, 15) is 9.59 Å². The largest absolute Gasteiger partial charge is 0.481 e. The van der Waals surface area contributed by atoms with Crippen LogP contribution in [0.15, 0.2) is 24.8 Å². The summed E-state index contributed by atoms with van der Waals surface area (Å²) < 4.78 is 0. The minimum atomic E-state index is -0.806. The highest BCUT2D eigenvalue weighted by Gasteiger charge is 2.34. The number of rotatable bonds is 6. The second kappa shape index (κ2) is 6.26. The van der Waals surface area contributed by atoms with Crippen LogP contribution >= 0.6 is 0 Å². The van der Waals surface area contributed by atoms with Gasteiger partial charge in [0.05, 0.1) is 0 Å². The molecule has 2 atom stereocenters. The van der Waals surface area contributed by atoms with Crippen LogP contribution in [0.25, 0.3) is 0 Å². The zero-order chi connectivity index (χ0) is 12.0. The van der Waals surface area contributed by atoms with E-state index in [0.29, 0.717) is 12.8 Å². The Balaban J connectivity index is 2.49. The fourth-order valence-corrected chi connectivity index (χ4v) is 2.20. The topological polar surface area (TPSA) is 54.4 Å². The van der Waals surface area contributed by atoms with Crippen molar-refractivity contribution in [2.24, 2.45) is 11.8 Å². The quantitative estimate of drug-likeness (QED) is 0.703. The number of carbonyl (C=O) groups is 2. The lowest BCUT2D eigenvalue weighted by Crippen LogP contribution is -2.17. The third-order valence-corrected chi connectivity index (χ3v) is 3.04. The van der Waals surface area contributed by atoms with Crippen LogP contribution in [0, 0.1) is 11.8 Å². The van der Waals surface area contributed by atoms with Gasteiger partial charge in [0.1, 0.15) is 5.78 Å². The van der Waals surface area contributed by atoms with E-state index in [-0.39, 0.29) is 24.0 Å². The maximum absolute atomic E-state index is 11.6. The molecule has 0 aliphatic heterocycles. The van der Waals surface area contributed by atoms with Gasteiger partial charge in [-0.3, -0.25) is 9.59 Å². The summed E-state index contributed by atoms with van der Waals surface area (Å²) in [6.45, 7) is 3.60. The van der Waals surface area contributed by atoms with Gasteiger partial charge in [0.15, 0.2) is 0 Å². The number of hydrogen-bond acceptors (Lipinski definition) is 2. The number of ketones is 1. The molecule has 0 saturated heterocycles. The Hall–Kier alpha value is -1.38. The molecule has 0 aromatic rings. The Morgan fingerprint density at radius 1 is 1.50 bits per heavy atom. The fraction of sp³-hybridized carbons (Fsp3) is 0.538. The fourth-order valence-electron chi connectivity index (χ4n) is 2.20. The predicted octanol–water partition coefficient (Wildman–Crippen LogP) is 2.58. The van der Waals surface area contributed by atoms with Crippen LogP contribution in [0.5, 0.6) is 0 Å². The van der Waals surface area contributed by atoms with E-state index >= 15 is 0 Å². The van der Waals surface area contributed by atoms with Crippen LogP contribution in [0.2, 0.25) is 0 Å². The Morgan fingerprint density at radius 3 is 2.88 bits per heavy atom. The first-order chi connectivity index (χ1) is 7.65. The smallest absolute Gasteiger partial charge is 0.303 e. The normalized spacial score (nSPS) is 25.1. The Labute approximate surface area is 95.9 Å². The second-order valence-corrected chi connectivity index (χ2v) is 4.20. The molecule has 3 nitrogen and oxygen atoms in total. The van der Waals surface area contributed by atoms with Crippen LogP contribution in [-0.2, 0) is 9.59 Å². The number of allylic oxidation sites excluding steroid dienone is 3. The molecule has 16 heavy (non-hydrogen) atoms. The predicted molar refractivity (Wildman–Crippen MR) is 62.0 cm³/mol. The van der Waals surface area contributed by atoms with Crippen molar-refractivity contribution in [2.45, 2.75) is 32.1 Å². The van der Waals surface area contributed by atoms with Gasteiger partial charge in [0.25, 0.3) is 0 Å². The first-order valence-corrected chi connectivity index (χ1v) is 5.65. The van der Waals surface area contributed by atoms with Gasteiger partial charge in [-0.25, -0.2) is 0 Å². The number of hydrogen-bond donors (Lipinski definition) is 1. The molecule has 88 valence electrons. The molecule has 1 fully saturated rings. The highest BCUT2D eigenvalue weighted by Crippen LogP contribution is 2.33. The van der Waals surface area contributed by atoms with Crippen LogP contribution in [0.1, 0.15) is 32.1 Å². The van der Waals surface area contributed by atoms with Crippen LogP contribution in [0.4, 0.5) is 0 Å². The molecule has 3 heteroatoms. The minimum absolute atomic E-state index is 0.0263. The third-order valence-electron chi connectivity index (χ3n) is 3.04. The van der Waals surface area contributed by atoms with Gasteiger partial charge in [-0.2, -0.15) is 0 Å². The summed E-state index contributed by atoms with van der Waals surface area (Å²) in [5.41, 5.74) is 0. The molecule has 0 bridgehead atoms. The maximum atomic E-state index is 11.6. The molecule has 1 saturated carbocycles. The maximum Gasteiger partial charge on any atom is 0.303 e. The Bertz CT molecular complexity index is 304. The van der Waals surface area contributed by atoms with E-state index in [1.54, 1.807) is 6.08 Å². The standard InChI is InChI=1S/C13H18O3/c1-2-3-4-5-6-11-10(9-13(15)16)7-8-12(11)14/h2,4-5,10-11H,1,3,6-9H2,(H,15,16)/b5-4-. The zero-order valence-electron chi connectivity index (χ0n) is 9.39. The van der Waals surface area contributed by atoms with Crippen molar-refractivity contribution in [3.8, 4) is 0 Å². The highest BCUT2D eigenvalue weighted by molar-refractivity contribution is 5.84. The van der Waals surface area contributed by atoms with Crippen molar-refractivity contribution in [3.05, 3.63) is 24.8 Å². The summed E-state index contributed by atoms with van der Waals surface area (Å²) in [6.07, 6.45) is 8.58. The summed E-state index contributed by atoms with van der Waals surface area (Å²) in [5, 5.41) is 8.74. The van der Waals surface area contributed by atoms with Gasteiger partial charge in [-0.15, -0.1) is 6.58 Å². The van der Waals surface area contributed by atoms with Gasteiger partial charge >= 0.3 is 5.97 Å². The number of Topliss-reactive ketones (excluding diaryl/α,β-unsaturated/α-hetero) is 1. The molecule has 0 heterocycles. The summed E-state index contributed by atoms with van der Waals surface area (Å²) in [4.78, 5) is 22.2. The number of carboxylic acids is 1. The SMILES string of the molecule is C=CC/C=C\CC1C(=O)CCC1CC(=O)O. The lowest BCUT2D eigenvalue weighted by atomic mass is 9.89. The average Bonchev–Trinajstić information content (AvgIpc) is 2.55. The average molecular weight is 222 g/mol. The Morgan fingerprint density at radius 2 is 2.25 bits per heavy atom. The van der Waals surface area contributed by atoms with E-state index in [1.165, 1.54) is 0 Å². The molecule has 1 aliphatic carbocycles. The molecular weight excluding hydrogens is 204 g/mol. The van der Waals surface area contributed by atoms with Gasteiger partial charge in [0, 0.05) is 18.8 Å². The summed E-state index contributed by atoms with van der Waals surface area (Å²) >= 11 is 0. The van der Waals surface area contributed by atoms with Crippen LogP contribution in [-0.4, -0.2) is 16.9 Å². The van der Waals surface area contributed by atoms with Gasteiger partial charge < -0.3 is 5.11 Å². The van der Waals surface area contributed by atoms with Crippen molar-refractivity contribution in [1.82, 2.24) is 0 Å². The minimum Gasteiger partial charge on any atom is -0.481 e. The number of carbonyl (C=O) groups excluding carboxylic acids is 1. The van der Waals surface area contributed by atoms with Gasteiger partial charge in [-0.05, 0) is 25.2 Å². The molecule has 1 aliphatic rings. The molecule has 0 amide bonds. The zero-order valence-corrected chi connectivity index (χ0v) is 9.39. The van der Waals surface area contributed by atoms with Gasteiger partial charge in [-0.1, -0.05) is 18.2 Å².